The van der Waals surface area contributed by atoms with Crippen LogP contribution in [0.1, 0.15) is 135 Å². The molecule has 2 rings (SSSR count). The van der Waals surface area contributed by atoms with E-state index >= 15 is 0 Å². The zero-order valence-corrected chi connectivity index (χ0v) is 36.6. The minimum absolute atomic E-state index is 0.0786. The van der Waals surface area contributed by atoms with Crippen molar-refractivity contribution in [3.63, 3.8) is 0 Å². The molecule has 0 spiro atoms. The summed E-state index contributed by atoms with van der Waals surface area (Å²) >= 11 is 0. The van der Waals surface area contributed by atoms with E-state index in [-0.39, 0.29) is 19.4 Å². The summed E-state index contributed by atoms with van der Waals surface area (Å²) < 4.78 is 31.7. The number of rotatable bonds is 36. The maximum Gasteiger partial charge on any atom is 0.525 e. The van der Waals surface area contributed by atoms with Crippen LogP contribution in [0.25, 0.3) is 0 Å². The summed E-state index contributed by atoms with van der Waals surface area (Å²) in [5, 5.41) is 27.4. The van der Waals surface area contributed by atoms with Gasteiger partial charge in [0.25, 0.3) is 5.76 Å². The van der Waals surface area contributed by atoms with Gasteiger partial charge in [-0.15, -0.1) is 0 Å². The summed E-state index contributed by atoms with van der Waals surface area (Å²) in [5.41, 5.74) is 5.94. The molecule has 1 aliphatic heterocycles. The number of nitrogens with one attached hydrogen (secondary N) is 4. The quantitative estimate of drug-likeness (QED) is 0.0265. The Balaban J connectivity index is 1.87. The van der Waals surface area contributed by atoms with Gasteiger partial charge in [0, 0.05) is 31.3 Å². The molecule has 21 nitrogen and oxygen atoms in total. The van der Waals surface area contributed by atoms with Crippen molar-refractivity contribution < 1.29 is 72.1 Å². The number of amides is 3. The standard InChI is InChI=1S/C40H67N6O15P/c1-2-3-4-5-6-7-8-9-10-11-12-13-14-17-22-58-26-31(36-35(50)37(40(54)60-36)61-62(55,56)57)59-34(49)20-19-32(47)43-25-33(48)45-30(23-28-24-42-27-44-28)38(51)46-29(39(52)53)18-15-16-21-41/h24,27,29-31,36,50H,2-23,25-26,41H2,1H3,(H,42,44)(H,43,47)(H,45,48)(H,46,51)(H,52,53)(H2,55,56,57). The molecule has 0 saturated heterocycles. The van der Waals surface area contributed by atoms with Gasteiger partial charge >= 0.3 is 25.7 Å². The highest BCUT2D eigenvalue weighted by Crippen LogP contribution is 2.42. The number of carboxylic acids is 1. The average molecular weight is 903 g/mol. The van der Waals surface area contributed by atoms with E-state index < -0.39 is 105 Å². The molecule has 0 fully saturated rings. The Morgan fingerprint density at radius 1 is 0.887 bits per heavy atom. The van der Waals surface area contributed by atoms with E-state index in [2.05, 4.69) is 37.4 Å². The molecule has 0 aromatic carbocycles. The maximum absolute atomic E-state index is 13.1. The largest absolute Gasteiger partial charge is 0.525 e. The number of nitrogens with two attached hydrogens (primary N) is 1. The number of carboxylic acid groups (broad SMARTS) is 1. The molecule has 1 aromatic rings. The van der Waals surface area contributed by atoms with Crippen molar-refractivity contribution in [3.05, 3.63) is 29.7 Å². The first kappa shape index (κ1) is 53.6. The number of aromatic nitrogens is 2. The van der Waals surface area contributed by atoms with Crippen molar-refractivity contribution in [1.29, 1.82) is 0 Å². The first-order valence-corrected chi connectivity index (χ1v) is 23.1. The Hall–Kier alpha value is -4.56. The van der Waals surface area contributed by atoms with Gasteiger partial charge in [0.05, 0.1) is 25.9 Å². The molecule has 4 atom stereocenters. The third-order valence-electron chi connectivity index (χ3n) is 9.87. The number of H-pyrrole nitrogens is 1. The van der Waals surface area contributed by atoms with Crippen molar-refractivity contribution in [2.75, 3.05) is 26.3 Å². The Kier molecular flexibility index (Phi) is 26.3. The number of phosphoric acid groups is 1. The number of aliphatic hydroxyl groups is 1. The van der Waals surface area contributed by atoms with Gasteiger partial charge in [-0.1, -0.05) is 90.4 Å². The highest BCUT2D eigenvalue weighted by Gasteiger charge is 2.45. The van der Waals surface area contributed by atoms with Crippen LogP contribution in [0, 0.1) is 0 Å². The molecule has 10 N–H and O–H groups in total. The number of esters is 2. The lowest BCUT2D eigenvalue weighted by Crippen LogP contribution is -2.54. The fourth-order valence-corrected chi connectivity index (χ4v) is 6.90. The fraction of sp³-hybridized carbons (Fsp3) is 0.725. The molecule has 0 aliphatic carbocycles. The van der Waals surface area contributed by atoms with Gasteiger partial charge in [0.2, 0.25) is 23.8 Å². The SMILES string of the molecule is CCCCCCCCCCCCCCCCOCC(OC(=O)CCC(=O)NCC(=O)NC(Cc1cnc[nH]1)C(=O)NC(CCCCN)C(=O)O)C1OC(=O)C(OP(=O)(O)O)=C1O. The van der Waals surface area contributed by atoms with E-state index in [1.807, 2.05) is 0 Å². The molecule has 62 heavy (non-hydrogen) atoms. The van der Waals surface area contributed by atoms with Crippen LogP contribution in [0.2, 0.25) is 0 Å². The number of aliphatic hydroxyl groups excluding tert-OH is 1. The third-order valence-corrected chi connectivity index (χ3v) is 10.3. The second-order valence-corrected chi connectivity index (χ2v) is 16.3. The number of hydrogen-bond acceptors (Lipinski definition) is 14. The van der Waals surface area contributed by atoms with Crippen molar-refractivity contribution in [2.45, 2.75) is 160 Å². The summed E-state index contributed by atoms with van der Waals surface area (Å²) in [5.74, 6) is -8.20. The molecule has 0 saturated carbocycles. The van der Waals surface area contributed by atoms with Crippen LogP contribution in [0.15, 0.2) is 24.0 Å². The third kappa shape index (κ3) is 23.0. The van der Waals surface area contributed by atoms with Crippen LogP contribution in [-0.2, 0) is 58.5 Å². The highest BCUT2D eigenvalue weighted by atomic mass is 31.2. The Morgan fingerprint density at radius 3 is 2.08 bits per heavy atom. The number of aromatic amines is 1. The van der Waals surface area contributed by atoms with Gasteiger partial charge in [-0.2, -0.15) is 0 Å². The van der Waals surface area contributed by atoms with Crippen LogP contribution in [-0.4, -0.2) is 116 Å². The number of nitrogens with zero attached hydrogens (tertiary/aromatic N) is 1. The lowest BCUT2D eigenvalue weighted by Gasteiger charge is -2.23. The van der Waals surface area contributed by atoms with Gasteiger partial charge in [-0.05, 0) is 32.2 Å². The minimum Gasteiger partial charge on any atom is -0.505 e. The fourth-order valence-electron chi connectivity index (χ4n) is 6.50. The number of ether oxygens (including phenoxy) is 3. The first-order valence-electron chi connectivity index (χ1n) is 21.6. The van der Waals surface area contributed by atoms with E-state index in [1.54, 1.807) is 0 Å². The van der Waals surface area contributed by atoms with Crippen molar-refractivity contribution in [3.8, 4) is 0 Å². The van der Waals surface area contributed by atoms with E-state index in [1.165, 1.54) is 70.3 Å². The number of imidazole rings is 1. The molecule has 0 radical (unpaired) electrons. The highest BCUT2D eigenvalue weighted by molar-refractivity contribution is 7.46. The number of carbonyl (C=O) groups excluding carboxylic acids is 5. The lowest BCUT2D eigenvalue weighted by molar-refractivity contribution is -0.167. The normalized spacial score (nSPS) is 15.4. The number of unbranched alkanes of at least 4 members (excludes halogenated alkanes) is 14. The van der Waals surface area contributed by atoms with Gasteiger partial charge in [-0.25, -0.2) is 19.1 Å². The molecule has 352 valence electrons. The van der Waals surface area contributed by atoms with Crippen LogP contribution in [0.5, 0.6) is 0 Å². The second-order valence-electron chi connectivity index (χ2n) is 15.2. The molecule has 4 unspecified atom stereocenters. The monoisotopic (exact) mass is 902 g/mol. The molecule has 2 heterocycles. The van der Waals surface area contributed by atoms with Crippen LogP contribution in [0.3, 0.4) is 0 Å². The topological polar surface area (TPSA) is 328 Å². The summed E-state index contributed by atoms with van der Waals surface area (Å²) in [6.07, 6.45) is 15.8. The maximum atomic E-state index is 13.1. The number of phosphoric ester groups is 1. The molecule has 0 bridgehead atoms. The molecule has 1 aliphatic rings. The number of carbonyl (C=O) groups is 6. The Morgan fingerprint density at radius 2 is 1.52 bits per heavy atom. The summed E-state index contributed by atoms with van der Waals surface area (Å²) in [4.78, 5) is 100. The van der Waals surface area contributed by atoms with Gasteiger partial charge in [0.15, 0.2) is 11.9 Å². The molecule has 3 amide bonds. The zero-order chi connectivity index (χ0) is 45.8. The number of aliphatic carboxylic acids is 1. The predicted molar refractivity (Wildman–Crippen MR) is 223 cm³/mol. The van der Waals surface area contributed by atoms with Gasteiger partial charge in [0.1, 0.15) is 12.1 Å². The summed E-state index contributed by atoms with van der Waals surface area (Å²) in [6.45, 7) is 1.78. The smallest absolute Gasteiger partial charge is 0.505 e. The zero-order valence-electron chi connectivity index (χ0n) is 35.7. The van der Waals surface area contributed by atoms with E-state index in [4.69, 9.17) is 29.7 Å². The first-order chi connectivity index (χ1) is 29.6. The van der Waals surface area contributed by atoms with Crippen molar-refractivity contribution in [1.82, 2.24) is 25.9 Å². The molecular weight excluding hydrogens is 835 g/mol. The van der Waals surface area contributed by atoms with E-state index in [9.17, 15) is 43.5 Å². The van der Waals surface area contributed by atoms with Crippen LogP contribution < -0.4 is 21.7 Å². The van der Waals surface area contributed by atoms with Crippen molar-refractivity contribution in [2.24, 2.45) is 5.73 Å². The summed E-state index contributed by atoms with van der Waals surface area (Å²) in [7, 11) is -5.28. The van der Waals surface area contributed by atoms with Crippen molar-refractivity contribution >= 4 is 43.5 Å². The summed E-state index contributed by atoms with van der Waals surface area (Å²) in [6, 6.07) is -2.48. The van der Waals surface area contributed by atoms with Gasteiger partial charge in [-0.3, -0.25) is 29.0 Å². The molecular formula is C40H67N6O15P. The molecule has 1 aromatic heterocycles. The predicted octanol–water partition coefficient (Wildman–Crippen LogP) is 3.25. The van der Waals surface area contributed by atoms with E-state index in [0.29, 0.717) is 31.5 Å². The van der Waals surface area contributed by atoms with Crippen LogP contribution >= 0.6 is 7.82 Å². The number of hydrogen-bond donors (Lipinski definition) is 9. The second kappa shape index (κ2) is 30.5. The molecule has 22 heteroatoms. The van der Waals surface area contributed by atoms with Crippen LogP contribution in [0.4, 0.5) is 0 Å². The average Bonchev–Trinajstić information content (AvgIpc) is 3.84. The van der Waals surface area contributed by atoms with Gasteiger partial charge < -0.3 is 55.6 Å². The Bertz CT molecular complexity index is 1610. The van der Waals surface area contributed by atoms with E-state index in [0.717, 1.165) is 25.7 Å². The number of cyclic esters (lactones) is 1. The minimum atomic E-state index is -5.28. The lowest BCUT2D eigenvalue weighted by atomic mass is 10.0. The Labute approximate surface area is 362 Å².